The summed E-state index contributed by atoms with van der Waals surface area (Å²) in [5, 5.41) is 9.33. The molecule has 200 valence electrons. The van der Waals surface area contributed by atoms with Gasteiger partial charge in [-0.2, -0.15) is 0 Å². The van der Waals surface area contributed by atoms with E-state index < -0.39 is 22.6 Å². The van der Waals surface area contributed by atoms with E-state index in [-0.39, 0.29) is 40.4 Å². The minimum absolute atomic E-state index is 0.00189. The average Bonchev–Trinajstić information content (AvgIpc) is 3.46. The summed E-state index contributed by atoms with van der Waals surface area (Å²) in [6, 6.07) is -0.443. The molecule has 3 saturated heterocycles. The van der Waals surface area contributed by atoms with E-state index >= 15 is 0 Å². The van der Waals surface area contributed by atoms with Gasteiger partial charge in [-0.15, -0.1) is 24.9 Å². The zero-order valence-electron chi connectivity index (χ0n) is 21.3. The maximum Gasteiger partial charge on any atom is 0.247 e. The second-order valence-corrected chi connectivity index (χ2v) is 13.4. The third-order valence-corrected chi connectivity index (χ3v) is 11.7. The molecule has 0 aromatic rings. The molecule has 3 aliphatic heterocycles. The van der Waals surface area contributed by atoms with Crippen molar-refractivity contribution in [2.45, 2.75) is 78.3 Å². The molecule has 4 fully saturated rings. The Morgan fingerprint density at radius 1 is 1.17 bits per heavy atom. The first kappa shape index (κ1) is 27.7. The summed E-state index contributed by atoms with van der Waals surface area (Å²) in [6.07, 6.45) is 10.7. The third kappa shape index (κ3) is 4.68. The molecular weight excluding hydrogens is 542 g/mol. The van der Waals surface area contributed by atoms with Crippen molar-refractivity contribution in [3.63, 3.8) is 0 Å². The summed E-state index contributed by atoms with van der Waals surface area (Å²) in [7, 11) is 1.76. The Bertz CT molecular complexity index is 881. The van der Waals surface area contributed by atoms with Crippen molar-refractivity contribution in [2.75, 3.05) is 33.3 Å². The third-order valence-electron chi connectivity index (χ3n) is 8.52. The predicted octanol–water partition coefficient (Wildman–Crippen LogP) is 3.22. The van der Waals surface area contributed by atoms with Crippen LogP contribution in [0.1, 0.15) is 51.4 Å². The fourth-order valence-corrected chi connectivity index (χ4v) is 10.6. The van der Waals surface area contributed by atoms with Crippen LogP contribution in [-0.4, -0.2) is 97.7 Å². The normalized spacial score (nSPS) is 33.5. The Labute approximate surface area is 227 Å². The van der Waals surface area contributed by atoms with Gasteiger partial charge in [-0.25, -0.2) is 0 Å². The average molecular weight is 583 g/mol. The molecule has 2 bridgehead atoms. The number of alkyl halides is 1. The first-order valence-corrected chi connectivity index (χ1v) is 15.1. The van der Waals surface area contributed by atoms with Gasteiger partial charge in [0.1, 0.15) is 6.04 Å². The summed E-state index contributed by atoms with van der Waals surface area (Å²) in [5.41, 5.74) is 0. The van der Waals surface area contributed by atoms with Crippen LogP contribution in [0, 0.1) is 11.8 Å². The monoisotopic (exact) mass is 581 g/mol. The van der Waals surface area contributed by atoms with Crippen molar-refractivity contribution in [3.8, 4) is 0 Å². The minimum atomic E-state index is -0.629. The Kier molecular flexibility index (Phi) is 8.93. The maximum atomic E-state index is 14.5. The molecule has 36 heavy (non-hydrogen) atoms. The number of likely N-dealkylation sites (N-methyl/N-ethyl adjacent to an activating group) is 1. The van der Waals surface area contributed by atoms with Gasteiger partial charge in [0.05, 0.1) is 16.6 Å². The number of carbonyl (C=O) groups excluding carboxylic acids is 3. The quantitative estimate of drug-likeness (QED) is 0.230. The lowest BCUT2D eigenvalue weighted by Gasteiger charge is -2.41. The van der Waals surface area contributed by atoms with Gasteiger partial charge < -0.3 is 19.8 Å². The standard InChI is InChI=1S/C27H40BrN3O4S/c1-4-13-29(3)24(33)20-21-25(34)31(15-9-10-16-32)23(27(21)17-19(28)22(20)36-27)26(35)30(14-5-2)18-11-7-6-8-12-18/h4-5,18-23,32H,1-2,6-17H2,3H3/t19?,20-,21+,22-,23?,27?/m1/s1. The van der Waals surface area contributed by atoms with Crippen molar-refractivity contribution in [1.82, 2.24) is 14.7 Å². The zero-order chi connectivity index (χ0) is 26.0. The molecule has 4 rings (SSSR count). The van der Waals surface area contributed by atoms with Gasteiger partial charge >= 0.3 is 0 Å². The fraction of sp³-hybridized carbons (Fsp3) is 0.741. The van der Waals surface area contributed by atoms with E-state index in [1.165, 1.54) is 6.42 Å². The van der Waals surface area contributed by atoms with E-state index in [9.17, 15) is 19.5 Å². The number of carbonyl (C=O) groups is 3. The zero-order valence-corrected chi connectivity index (χ0v) is 23.7. The molecule has 4 aliphatic rings. The van der Waals surface area contributed by atoms with Crippen LogP contribution in [0.3, 0.4) is 0 Å². The smallest absolute Gasteiger partial charge is 0.247 e. The van der Waals surface area contributed by atoms with Gasteiger partial charge in [-0.3, -0.25) is 14.4 Å². The number of halogens is 1. The van der Waals surface area contributed by atoms with Crippen LogP contribution in [-0.2, 0) is 14.4 Å². The van der Waals surface area contributed by atoms with Crippen LogP contribution in [0.25, 0.3) is 0 Å². The molecule has 0 radical (unpaired) electrons. The van der Waals surface area contributed by atoms with Gasteiger partial charge in [-0.05, 0) is 32.1 Å². The van der Waals surface area contributed by atoms with Crippen LogP contribution >= 0.6 is 27.7 Å². The molecule has 7 nitrogen and oxygen atoms in total. The highest BCUT2D eigenvalue weighted by molar-refractivity contribution is 9.09. The molecular formula is C27H40BrN3O4S. The number of aliphatic hydroxyl groups is 1. The van der Waals surface area contributed by atoms with Gasteiger partial charge in [0.25, 0.3) is 0 Å². The SMILES string of the molecule is C=CCN(C)C(=O)[C@H]1[C@@H]2SC3(CC2Br)C(C(=O)N(CC=C)C2CCCCC2)N(CCCCO)C(=O)[C@H]13. The fourth-order valence-electron chi connectivity index (χ4n) is 6.97. The van der Waals surface area contributed by atoms with Crippen LogP contribution < -0.4 is 0 Å². The number of aliphatic hydroxyl groups excluding tert-OH is 1. The lowest BCUT2D eigenvalue weighted by atomic mass is 9.70. The topological polar surface area (TPSA) is 81.2 Å². The number of hydrogen-bond acceptors (Lipinski definition) is 5. The Morgan fingerprint density at radius 2 is 1.86 bits per heavy atom. The van der Waals surface area contributed by atoms with Gasteiger partial charge in [0.2, 0.25) is 17.7 Å². The van der Waals surface area contributed by atoms with E-state index in [2.05, 4.69) is 29.1 Å². The number of hydrogen-bond donors (Lipinski definition) is 1. The molecule has 6 atom stereocenters. The second kappa shape index (κ2) is 11.6. The molecule has 1 saturated carbocycles. The second-order valence-electron chi connectivity index (χ2n) is 10.7. The molecule has 0 aromatic heterocycles. The Balaban J connectivity index is 1.73. The summed E-state index contributed by atoms with van der Waals surface area (Å²) >= 11 is 5.52. The van der Waals surface area contributed by atoms with Crippen LogP contribution in [0.2, 0.25) is 0 Å². The van der Waals surface area contributed by atoms with Gasteiger partial charge in [0, 0.05) is 49.4 Å². The van der Waals surface area contributed by atoms with Gasteiger partial charge in [0.15, 0.2) is 0 Å². The molecule has 1 N–H and O–H groups in total. The maximum absolute atomic E-state index is 14.5. The Hall–Kier alpha value is -1.32. The van der Waals surface area contributed by atoms with E-state index in [1.54, 1.807) is 40.8 Å². The Morgan fingerprint density at radius 3 is 2.50 bits per heavy atom. The van der Waals surface area contributed by atoms with Crippen molar-refractivity contribution in [1.29, 1.82) is 0 Å². The van der Waals surface area contributed by atoms with Gasteiger partial charge in [-0.1, -0.05) is 47.3 Å². The van der Waals surface area contributed by atoms with Crippen molar-refractivity contribution < 1.29 is 19.5 Å². The number of unbranched alkanes of at least 4 members (excludes halogenated alkanes) is 1. The predicted molar refractivity (Wildman–Crippen MR) is 147 cm³/mol. The van der Waals surface area contributed by atoms with E-state index in [4.69, 9.17) is 0 Å². The molecule has 3 unspecified atom stereocenters. The summed E-state index contributed by atoms with van der Waals surface area (Å²) in [4.78, 5) is 47.6. The molecule has 1 aliphatic carbocycles. The summed E-state index contributed by atoms with van der Waals surface area (Å²) < 4.78 is -0.629. The lowest BCUT2D eigenvalue weighted by Crippen LogP contribution is -2.57. The minimum Gasteiger partial charge on any atom is -0.396 e. The molecule has 3 amide bonds. The van der Waals surface area contributed by atoms with Crippen LogP contribution in [0.4, 0.5) is 0 Å². The van der Waals surface area contributed by atoms with Crippen molar-refractivity contribution in [2.24, 2.45) is 11.8 Å². The number of amides is 3. The number of fused-ring (bicyclic) bond motifs is 1. The lowest BCUT2D eigenvalue weighted by molar-refractivity contribution is -0.145. The summed E-state index contributed by atoms with van der Waals surface area (Å²) in [5.74, 6) is -1.10. The first-order valence-electron chi connectivity index (χ1n) is 13.3. The molecule has 9 heteroatoms. The largest absolute Gasteiger partial charge is 0.396 e. The number of likely N-dealkylation sites (tertiary alicyclic amines) is 1. The molecule has 3 heterocycles. The van der Waals surface area contributed by atoms with Crippen LogP contribution in [0.15, 0.2) is 25.3 Å². The van der Waals surface area contributed by atoms with E-state index in [0.29, 0.717) is 38.9 Å². The summed E-state index contributed by atoms with van der Waals surface area (Å²) in [6.45, 7) is 9.04. The van der Waals surface area contributed by atoms with E-state index in [1.807, 2.05) is 4.90 Å². The highest BCUT2D eigenvalue weighted by atomic mass is 79.9. The first-order chi connectivity index (χ1) is 17.3. The molecule has 1 spiro atoms. The highest BCUT2D eigenvalue weighted by Crippen LogP contribution is 2.68. The highest BCUT2D eigenvalue weighted by Gasteiger charge is 2.76. The number of thioether (sulfide) groups is 1. The van der Waals surface area contributed by atoms with Crippen LogP contribution in [0.5, 0.6) is 0 Å². The molecule has 0 aromatic carbocycles. The number of rotatable bonds is 11. The van der Waals surface area contributed by atoms with E-state index in [0.717, 1.165) is 25.7 Å². The number of nitrogens with zero attached hydrogens (tertiary/aromatic N) is 3. The van der Waals surface area contributed by atoms with Crippen molar-refractivity contribution >= 4 is 45.4 Å². The van der Waals surface area contributed by atoms with Crippen molar-refractivity contribution in [3.05, 3.63) is 25.3 Å².